The molecule has 0 fully saturated rings. The number of nitrogens with two attached hydrogens (primary N) is 1. The normalized spacial score (nSPS) is 15.2. The van der Waals surface area contributed by atoms with E-state index in [2.05, 4.69) is 35.3 Å². The van der Waals surface area contributed by atoms with Gasteiger partial charge in [0.1, 0.15) is 0 Å². The van der Waals surface area contributed by atoms with E-state index in [9.17, 15) is 4.79 Å². The second-order valence-electron chi connectivity index (χ2n) is 4.28. The second-order valence-corrected chi connectivity index (χ2v) is 4.28. The lowest BCUT2D eigenvalue weighted by Crippen LogP contribution is -2.30. The maximum absolute atomic E-state index is 11.6. The molecule has 2 rings (SSSR count). The first-order valence-electron chi connectivity index (χ1n) is 6.12. The number of rotatable bonds is 3. The molecule has 3 N–H and O–H groups in total. The molecule has 1 aromatic rings. The van der Waals surface area contributed by atoms with E-state index in [-0.39, 0.29) is 5.91 Å². The fourth-order valence-corrected chi connectivity index (χ4v) is 2.14. The van der Waals surface area contributed by atoms with Crippen LogP contribution in [0.4, 0.5) is 11.4 Å². The van der Waals surface area contributed by atoms with Crippen molar-refractivity contribution in [2.24, 2.45) is 5.73 Å². The van der Waals surface area contributed by atoms with Crippen LogP contribution in [-0.2, 0) is 11.2 Å². The Morgan fingerprint density at radius 3 is 3.00 bits per heavy atom. The van der Waals surface area contributed by atoms with Crippen molar-refractivity contribution in [3.8, 4) is 0 Å². The van der Waals surface area contributed by atoms with E-state index in [1.165, 1.54) is 5.56 Å². The van der Waals surface area contributed by atoms with Crippen molar-refractivity contribution in [3.05, 3.63) is 23.8 Å². The Morgan fingerprint density at radius 2 is 2.29 bits per heavy atom. The van der Waals surface area contributed by atoms with Gasteiger partial charge in [0.15, 0.2) is 0 Å². The summed E-state index contributed by atoms with van der Waals surface area (Å²) in [5, 5.41) is 2.96. The lowest BCUT2D eigenvalue weighted by atomic mass is 10.1. The molecule has 0 spiro atoms. The molecule has 92 valence electrons. The van der Waals surface area contributed by atoms with E-state index in [0.717, 1.165) is 30.9 Å². The largest absolute Gasteiger partial charge is 0.368 e. The van der Waals surface area contributed by atoms with Gasteiger partial charge < -0.3 is 16.0 Å². The highest BCUT2D eigenvalue weighted by molar-refractivity contribution is 5.96. The van der Waals surface area contributed by atoms with Gasteiger partial charge in [-0.3, -0.25) is 4.79 Å². The average molecular weight is 233 g/mol. The number of benzene rings is 1. The number of carbonyl (C=O) groups excluding carboxylic acids is 1. The zero-order chi connectivity index (χ0) is 12.3. The maximum Gasteiger partial charge on any atom is 0.226 e. The number of amides is 1. The average Bonchev–Trinajstić information content (AvgIpc) is 2.49. The molecule has 0 aromatic heterocycles. The number of nitrogens with zero attached hydrogens (tertiary/aromatic N) is 1. The van der Waals surface area contributed by atoms with E-state index in [4.69, 9.17) is 5.73 Å². The third-order valence-corrected chi connectivity index (χ3v) is 3.09. The molecule has 0 atom stereocenters. The van der Waals surface area contributed by atoms with Crippen molar-refractivity contribution in [2.75, 3.05) is 29.9 Å². The van der Waals surface area contributed by atoms with Crippen LogP contribution in [-0.4, -0.2) is 25.5 Å². The fraction of sp³-hybridized carbons (Fsp3) is 0.462. The molecule has 0 aliphatic carbocycles. The molecule has 1 heterocycles. The minimum atomic E-state index is 0.0824. The number of carbonyl (C=O) groups is 1. The van der Waals surface area contributed by atoms with Gasteiger partial charge in [-0.2, -0.15) is 0 Å². The van der Waals surface area contributed by atoms with Gasteiger partial charge in [-0.25, -0.2) is 0 Å². The van der Waals surface area contributed by atoms with E-state index in [1.54, 1.807) is 0 Å². The van der Waals surface area contributed by atoms with Crippen molar-refractivity contribution in [3.63, 3.8) is 0 Å². The summed E-state index contributed by atoms with van der Waals surface area (Å²) in [5.41, 5.74) is 8.84. The Balaban J connectivity index is 2.37. The highest BCUT2D eigenvalue weighted by atomic mass is 16.1. The molecule has 0 saturated heterocycles. The minimum Gasteiger partial charge on any atom is -0.368 e. The van der Waals surface area contributed by atoms with Crippen LogP contribution >= 0.6 is 0 Å². The zero-order valence-electron chi connectivity index (χ0n) is 10.2. The summed E-state index contributed by atoms with van der Waals surface area (Å²) >= 11 is 0. The van der Waals surface area contributed by atoms with Crippen LogP contribution in [0.2, 0.25) is 0 Å². The number of anilines is 2. The summed E-state index contributed by atoms with van der Waals surface area (Å²) in [6.07, 6.45) is 1.50. The van der Waals surface area contributed by atoms with Crippen molar-refractivity contribution in [1.82, 2.24) is 0 Å². The molecular formula is C13H19N3O. The van der Waals surface area contributed by atoms with Crippen LogP contribution in [0.1, 0.15) is 18.9 Å². The highest BCUT2D eigenvalue weighted by Gasteiger charge is 2.18. The first-order chi connectivity index (χ1) is 8.24. The smallest absolute Gasteiger partial charge is 0.226 e. The molecule has 1 amide bonds. The van der Waals surface area contributed by atoms with E-state index < -0.39 is 0 Å². The molecule has 1 aliphatic rings. The van der Waals surface area contributed by atoms with Gasteiger partial charge >= 0.3 is 0 Å². The van der Waals surface area contributed by atoms with Crippen molar-refractivity contribution in [1.29, 1.82) is 0 Å². The van der Waals surface area contributed by atoms with E-state index in [1.807, 2.05) is 0 Å². The Labute approximate surface area is 102 Å². The Bertz CT molecular complexity index is 417. The van der Waals surface area contributed by atoms with Crippen LogP contribution in [0.25, 0.3) is 0 Å². The zero-order valence-corrected chi connectivity index (χ0v) is 10.2. The summed E-state index contributed by atoms with van der Waals surface area (Å²) in [7, 11) is 0. The summed E-state index contributed by atoms with van der Waals surface area (Å²) in [6, 6.07) is 6.25. The van der Waals surface area contributed by atoms with Gasteiger partial charge in [0, 0.05) is 26.1 Å². The second kappa shape index (κ2) is 5.19. The van der Waals surface area contributed by atoms with Crippen LogP contribution in [0.15, 0.2) is 18.2 Å². The summed E-state index contributed by atoms with van der Waals surface area (Å²) in [4.78, 5) is 13.8. The highest BCUT2D eigenvalue weighted by Crippen LogP contribution is 2.29. The molecule has 17 heavy (non-hydrogen) atoms. The Kier molecular flexibility index (Phi) is 3.64. The number of nitrogens with one attached hydrogen (secondary N) is 1. The van der Waals surface area contributed by atoms with Crippen LogP contribution in [0.5, 0.6) is 0 Å². The molecular weight excluding hydrogens is 214 g/mol. The predicted octanol–water partition coefficient (Wildman–Crippen LogP) is 1.36. The van der Waals surface area contributed by atoms with Crippen molar-refractivity contribution < 1.29 is 4.79 Å². The quantitative estimate of drug-likeness (QED) is 0.828. The molecule has 1 aromatic carbocycles. The maximum atomic E-state index is 11.6. The SMILES string of the molecule is CCc1ccc2c(c1)NC(=O)CCN2CCN. The molecule has 0 saturated carbocycles. The Morgan fingerprint density at radius 1 is 1.47 bits per heavy atom. The topological polar surface area (TPSA) is 58.4 Å². The predicted molar refractivity (Wildman–Crippen MR) is 70.3 cm³/mol. The van der Waals surface area contributed by atoms with Gasteiger partial charge in [-0.05, 0) is 24.1 Å². The fourth-order valence-electron chi connectivity index (χ4n) is 2.14. The number of hydrogen-bond donors (Lipinski definition) is 2. The van der Waals surface area contributed by atoms with Crippen molar-refractivity contribution in [2.45, 2.75) is 19.8 Å². The number of hydrogen-bond acceptors (Lipinski definition) is 3. The summed E-state index contributed by atoms with van der Waals surface area (Å²) < 4.78 is 0. The third-order valence-electron chi connectivity index (χ3n) is 3.09. The molecule has 4 heteroatoms. The first-order valence-corrected chi connectivity index (χ1v) is 6.12. The molecule has 0 unspecified atom stereocenters. The third kappa shape index (κ3) is 2.58. The van der Waals surface area contributed by atoms with Gasteiger partial charge in [0.25, 0.3) is 0 Å². The number of aryl methyl sites for hydroxylation is 1. The van der Waals surface area contributed by atoms with E-state index >= 15 is 0 Å². The first kappa shape index (κ1) is 11.9. The van der Waals surface area contributed by atoms with Crippen LogP contribution in [0.3, 0.4) is 0 Å². The van der Waals surface area contributed by atoms with Crippen LogP contribution in [0, 0.1) is 0 Å². The molecule has 1 aliphatic heterocycles. The van der Waals surface area contributed by atoms with Gasteiger partial charge in [-0.15, -0.1) is 0 Å². The van der Waals surface area contributed by atoms with Crippen LogP contribution < -0.4 is 16.0 Å². The monoisotopic (exact) mass is 233 g/mol. The summed E-state index contributed by atoms with van der Waals surface area (Å²) in [6.45, 7) is 4.23. The minimum absolute atomic E-state index is 0.0824. The molecule has 0 radical (unpaired) electrons. The van der Waals surface area contributed by atoms with Gasteiger partial charge in [-0.1, -0.05) is 13.0 Å². The molecule has 0 bridgehead atoms. The molecule has 4 nitrogen and oxygen atoms in total. The lowest BCUT2D eigenvalue weighted by Gasteiger charge is -2.23. The Hall–Kier alpha value is -1.55. The number of fused-ring (bicyclic) bond motifs is 1. The lowest BCUT2D eigenvalue weighted by molar-refractivity contribution is -0.115. The summed E-state index contributed by atoms with van der Waals surface area (Å²) in [5.74, 6) is 0.0824. The van der Waals surface area contributed by atoms with Gasteiger partial charge in [0.05, 0.1) is 11.4 Å². The van der Waals surface area contributed by atoms with Crippen molar-refractivity contribution >= 4 is 17.3 Å². The van der Waals surface area contributed by atoms with Gasteiger partial charge in [0.2, 0.25) is 5.91 Å². The standard InChI is InChI=1S/C13H19N3O/c1-2-10-3-4-12-11(9-10)15-13(17)5-7-16(12)8-6-14/h3-4,9H,2,5-8,14H2,1H3,(H,15,17). The van der Waals surface area contributed by atoms with E-state index in [0.29, 0.717) is 13.0 Å².